The monoisotopic (exact) mass is 279 g/mol. The van der Waals surface area contributed by atoms with Gasteiger partial charge in [0.1, 0.15) is 11.7 Å². The minimum Gasteiger partial charge on any atom is -0.299 e. The van der Waals surface area contributed by atoms with E-state index in [1.54, 1.807) is 18.2 Å². The third-order valence-electron chi connectivity index (χ3n) is 2.18. The molecule has 0 bridgehead atoms. The summed E-state index contributed by atoms with van der Waals surface area (Å²) in [6.07, 6.45) is -0.0533. The first-order valence-corrected chi connectivity index (χ1v) is 5.52. The average molecular weight is 280 g/mol. The molecule has 0 saturated carbocycles. The van der Waals surface area contributed by atoms with Crippen molar-refractivity contribution in [3.63, 3.8) is 0 Å². The molecule has 0 spiro atoms. The van der Waals surface area contributed by atoms with Crippen molar-refractivity contribution < 1.29 is 9.59 Å². The van der Waals surface area contributed by atoms with Crippen molar-refractivity contribution in [1.82, 2.24) is 0 Å². The molecule has 4 heteroatoms. The Morgan fingerprint density at radius 3 is 2.69 bits per heavy atom. The van der Waals surface area contributed by atoms with E-state index in [2.05, 4.69) is 15.9 Å². The van der Waals surface area contributed by atoms with Gasteiger partial charge in [-0.25, -0.2) is 0 Å². The first-order valence-electron chi connectivity index (χ1n) is 4.73. The average Bonchev–Trinajstić information content (AvgIpc) is 2.25. The Morgan fingerprint density at radius 1 is 1.50 bits per heavy atom. The lowest BCUT2D eigenvalue weighted by molar-refractivity contribution is -0.119. The molecule has 0 aliphatic carbocycles. The van der Waals surface area contributed by atoms with Crippen LogP contribution in [-0.2, 0) is 4.79 Å². The highest BCUT2D eigenvalue weighted by molar-refractivity contribution is 9.10. The summed E-state index contributed by atoms with van der Waals surface area (Å²) in [7, 11) is 0. The summed E-state index contributed by atoms with van der Waals surface area (Å²) in [5, 5.41) is 8.71. The van der Waals surface area contributed by atoms with Gasteiger partial charge in [0, 0.05) is 16.5 Å². The number of hydrogen-bond donors (Lipinski definition) is 0. The summed E-state index contributed by atoms with van der Waals surface area (Å²) in [5.41, 5.74) is 0.510. The van der Waals surface area contributed by atoms with Crippen molar-refractivity contribution in [2.75, 3.05) is 0 Å². The van der Waals surface area contributed by atoms with E-state index >= 15 is 0 Å². The molecule has 0 fully saturated rings. The van der Waals surface area contributed by atoms with Crippen LogP contribution in [0, 0.1) is 17.2 Å². The molecule has 0 aliphatic rings. The first kappa shape index (κ1) is 12.6. The number of carbonyl (C=O) groups is 2. The number of benzene rings is 1. The number of nitriles is 1. The fourth-order valence-corrected chi connectivity index (χ4v) is 1.64. The molecule has 0 heterocycles. The molecule has 0 N–H and O–H groups in total. The molecule has 3 nitrogen and oxygen atoms in total. The SMILES string of the molecule is CC(=O)C(C#N)CC(=O)c1cccc(Br)c1. The molecule has 1 atom stereocenters. The minimum absolute atomic E-state index is 0.0533. The molecule has 1 unspecified atom stereocenters. The molecule has 0 aliphatic heterocycles. The number of halogens is 1. The molecule has 16 heavy (non-hydrogen) atoms. The van der Waals surface area contributed by atoms with Crippen LogP contribution in [0.25, 0.3) is 0 Å². The predicted molar refractivity (Wildman–Crippen MR) is 62.9 cm³/mol. The minimum atomic E-state index is -0.841. The maximum Gasteiger partial charge on any atom is 0.164 e. The van der Waals surface area contributed by atoms with Crippen LogP contribution in [0.4, 0.5) is 0 Å². The van der Waals surface area contributed by atoms with Gasteiger partial charge in [0.25, 0.3) is 0 Å². The number of rotatable bonds is 4. The summed E-state index contributed by atoms with van der Waals surface area (Å²) in [5.74, 6) is -1.31. The van der Waals surface area contributed by atoms with E-state index < -0.39 is 5.92 Å². The maximum atomic E-state index is 11.7. The molecular formula is C12H10BrNO2. The summed E-state index contributed by atoms with van der Waals surface area (Å²) in [4.78, 5) is 22.8. The number of hydrogen-bond acceptors (Lipinski definition) is 3. The van der Waals surface area contributed by atoms with E-state index in [9.17, 15) is 9.59 Å². The zero-order valence-corrected chi connectivity index (χ0v) is 10.3. The Kier molecular flexibility index (Phi) is 4.39. The second-order valence-corrected chi connectivity index (χ2v) is 4.35. The number of carbonyl (C=O) groups excluding carboxylic acids is 2. The first-order chi connectivity index (χ1) is 7.54. The molecule has 1 aromatic rings. The lowest BCUT2D eigenvalue weighted by Crippen LogP contribution is -2.14. The summed E-state index contributed by atoms with van der Waals surface area (Å²) in [6.45, 7) is 1.32. The summed E-state index contributed by atoms with van der Waals surface area (Å²) < 4.78 is 0.801. The van der Waals surface area contributed by atoms with E-state index in [0.29, 0.717) is 5.56 Å². The molecule has 82 valence electrons. The maximum absolute atomic E-state index is 11.7. The van der Waals surface area contributed by atoms with Crippen molar-refractivity contribution in [3.05, 3.63) is 34.3 Å². The van der Waals surface area contributed by atoms with Gasteiger partial charge in [-0.2, -0.15) is 5.26 Å². The second-order valence-electron chi connectivity index (χ2n) is 3.43. The van der Waals surface area contributed by atoms with Crippen molar-refractivity contribution in [1.29, 1.82) is 5.26 Å². The molecule has 1 aromatic carbocycles. The van der Waals surface area contributed by atoms with Gasteiger partial charge in [0.2, 0.25) is 0 Å². The zero-order chi connectivity index (χ0) is 12.1. The smallest absolute Gasteiger partial charge is 0.164 e. The highest BCUT2D eigenvalue weighted by atomic mass is 79.9. The topological polar surface area (TPSA) is 57.9 Å². The molecular weight excluding hydrogens is 270 g/mol. The molecule has 0 radical (unpaired) electrons. The van der Waals surface area contributed by atoms with Gasteiger partial charge in [0.05, 0.1) is 6.07 Å². The van der Waals surface area contributed by atoms with Crippen LogP contribution in [0.2, 0.25) is 0 Å². The third kappa shape index (κ3) is 3.28. The summed E-state index contributed by atoms with van der Waals surface area (Å²) in [6, 6.07) is 8.73. The highest BCUT2D eigenvalue weighted by Crippen LogP contribution is 2.15. The Hall–Kier alpha value is -1.47. The van der Waals surface area contributed by atoms with Crippen LogP contribution in [0.3, 0.4) is 0 Å². The lowest BCUT2D eigenvalue weighted by atomic mass is 9.96. The van der Waals surface area contributed by atoms with Crippen LogP contribution in [0.1, 0.15) is 23.7 Å². The second kappa shape index (κ2) is 5.57. The Bertz CT molecular complexity index is 462. The molecule has 0 saturated heterocycles. The van der Waals surface area contributed by atoms with Crippen molar-refractivity contribution in [3.8, 4) is 6.07 Å². The van der Waals surface area contributed by atoms with Gasteiger partial charge in [-0.3, -0.25) is 9.59 Å². The normalized spacial score (nSPS) is 11.6. The van der Waals surface area contributed by atoms with Crippen LogP contribution in [0.5, 0.6) is 0 Å². The van der Waals surface area contributed by atoms with Gasteiger partial charge in [-0.15, -0.1) is 0 Å². The highest BCUT2D eigenvalue weighted by Gasteiger charge is 2.18. The van der Waals surface area contributed by atoms with Crippen LogP contribution in [0.15, 0.2) is 28.7 Å². The van der Waals surface area contributed by atoms with Crippen molar-refractivity contribution >= 4 is 27.5 Å². The Labute approximate surface area is 102 Å². The number of Topliss-reactive ketones (excluding diaryl/α,β-unsaturated/α-hetero) is 2. The quantitative estimate of drug-likeness (QED) is 0.797. The van der Waals surface area contributed by atoms with Crippen molar-refractivity contribution in [2.45, 2.75) is 13.3 Å². The Morgan fingerprint density at radius 2 is 2.19 bits per heavy atom. The number of nitrogens with zero attached hydrogens (tertiary/aromatic N) is 1. The van der Waals surface area contributed by atoms with Crippen LogP contribution in [-0.4, -0.2) is 11.6 Å². The van der Waals surface area contributed by atoms with Gasteiger partial charge in [-0.1, -0.05) is 28.1 Å². The van der Waals surface area contributed by atoms with Gasteiger partial charge < -0.3 is 0 Å². The van der Waals surface area contributed by atoms with Crippen molar-refractivity contribution in [2.24, 2.45) is 5.92 Å². The van der Waals surface area contributed by atoms with Gasteiger partial charge in [0.15, 0.2) is 5.78 Å². The fourth-order valence-electron chi connectivity index (χ4n) is 1.25. The fraction of sp³-hybridized carbons (Fsp3) is 0.250. The third-order valence-corrected chi connectivity index (χ3v) is 2.68. The van der Waals surface area contributed by atoms with Crippen LogP contribution < -0.4 is 0 Å². The Balaban J connectivity index is 2.81. The molecule has 0 aromatic heterocycles. The van der Waals surface area contributed by atoms with E-state index in [0.717, 1.165) is 4.47 Å². The lowest BCUT2D eigenvalue weighted by Gasteiger charge is -2.04. The van der Waals surface area contributed by atoms with E-state index in [1.165, 1.54) is 6.92 Å². The zero-order valence-electron chi connectivity index (χ0n) is 8.74. The van der Waals surface area contributed by atoms with Gasteiger partial charge >= 0.3 is 0 Å². The number of ketones is 2. The summed E-state index contributed by atoms with van der Waals surface area (Å²) >= 11 is 3.26. The van der Waals surface area contributed by atoms with E-state index in [-0.39, 0.29) is 18.0 Å². The van der Waals surface area contributed by atoms with Gasteiger partial charge in [-0.05, 0) is 19.1 Å². The van der Waals surface area contributed by atoms with E-state index in [1.807, 2.05) is 12.1 Å². The van der Waals surface area contributed by atoms with E-state index in [4.69, 9.17) is 5.26 Å². The predicted octanol–water partition coefficient (Wildman–Crippen LogP) is 2.75. The molecule has 1 rings (SSSR count). The molecule has 0 amide bonds. The standard InChI is InChI=1S/C12H10BrNO2/c1-8(15)10(7-14)6-12(16)9-3-2-4-11(13)5-9/h2-5,10H,6H2,1H3. The largest absolute Gasteiger partial charge is 0.299 e. The van der Waals surface area contributed by atoms with Crippen LogP contribution >= 0.6 is 15.9 Å².